The molecule has 1 aromatic rings. The third-order valence-electron chi connectivity index (χ3n) is 3.89. The Bertz CT molecular complexity index is 768. The smallest absolute Gasteiger partial charge is 0.321 e. The molecule has 0 atom stereocenters. The zero-order valence-corrected chi connectivity index (χ0v) is 16.8. The van der Waals surface area contributed by atoms with Gasteiger partial charge in [-0.25, -0.2) is 13.2 Å². The first-order valence-electron chi connectivity index (χ1n) is 8.50. The molecular formula is C16H23N3O6S2. The van der Waals surface area contributed by atoms with E-state index in [1.54, 1.807) is 31.4 Å². The maximum absolute atomic E-state index is 12.4. The number of amides is 3. The van der Waals surface area contributed by atoms with Crippen molar-refractivity contribution in [3.05, 3.63) is 17.5 Å². The van der Waals surface area contributed by atoms with Crippen LogP contribution in [0.5, 0.6) is 0 Å². The third-order valence-corrected chi connectivity index (χ3v) is 7.17. The minimum atomic E-state index is -3.53. The van der Waals surface area contributed by atoms with Crippen molar-refractivity contribution >= 4 is 39.3 Å². The van der Waals surface area contributed by atoms with Crippen molar-refractivity contribution in [3.8, 4) is 0 Å². The van der Waals surface area contributed by atoms with Gasteiger partial charge in [-0.15, -0.1) is 11.3 Å². The van der Waals surface area contributed by atoms with E-state index < -0.39 is 40.5 Å². The number of hydrogen-bond donors (Lipinski definition) is 2. The summed E-state index contributed by atoms with van der Waals surface area (Å²) in [4.78, 5) is 35.1. The molecule has 0 aliphatic carbocycles. The van der Waals surface area contributed by atoms with Crippen LogP contribution in [0.2, 0.25) is 0 Å². The molecule has 3 amide bonds. The second-order valence-electron chi connectivity index (χ2n) is 6.39. The molecule has 0 aromatic carbocycles. The Kier molecular flexibility index (Phi) is 7.33. The molecule has 27 heavy (non-hydrogen) atoms. The van der Waals surface area contributed by atoms with Crippen molar-refractivity contribution in [1.82, 2.24) is 14.9 Å². The number of carbonyl (C=O) groups excluding carboxylic acids is 3. The van der Waals surface area contributed by atoms with Crippen LogP contribution in [-0.2, 0) is 24.3 Å². The molecule has 1 fully saturated rings. The molecule has 1 saturated heterocycles. The lowest BCUT2D eigenvalue weighted by molar-refractivity contribution is -0.153. The second-order valence-corrected chi connectivity index (χ2v) is 9.51. The van der Waals surface area contributed by atoms with Crippen molar-refractivity contribution < 1.29 is 27.5 Å². The quantitative estimate of drug-likeness (QED) is 0.664. The molecule has 11 heteroatoms. The molecule has 2 rings (SSSR count). The molecule has 1 aromatic heterocycles. The van der Waals surface area contributed by atoms with E-state index in [2.05, 4.69) is 10.6 Å². The average Bonchev–Trinajstić information content (AvgIpc) is 3.14. The summed E-state index contributed by atoms with van der Waals surface area (Å²) in [6.45, 7) is 3.36. The fourth-order valence-electron chi connectivity index (χ4n) is 2.58. The summed E-state index contributed by atoms with van der Waals surface area (Å²) in [6, 6.07) is 2.44. The van der Waals surface area contributed by atoms with Gasteiger partial charge in [0, 0.05) is 19.1 Å². The summed E-state index contributed by atoms with van der Waals surface area (Å²) in [5.41, 5.74) is 0. The number of sulfonamides is 1. The molecule has 0 unspecified atom stereocenters. The predicted octanol–water partition coefficient (Wildman–Crippen LogP) is 0.926. The summed E-state index contributed by atoms with van der Waals surface area (Å²) in [6.07, 6.45) is 0.637. The number of piperidine rings is 1. The van der Waals surface area contributed by atoms with E-state index >= 15 is 0 Å². The maximum Gasteiger partial charge on any atom is 0.321 e. The Hall–Kier alpha value is -1.98. The highest BCUT2D eigenvalue weighted by atomic mass is 32.2. The number of carbonyl (C=O) groups is 3. The van der Waals surface area contributed by atoms with Crippen molar-refractivity contribution in [2.75, 3.05) is 19.7 Å². The van der Waals surface area contributed by atoms with Crippen molar-refractivity contribution in [1.29, 1.82) is 0 Å². The standard InChI is InChI=1S/C16H23N3O6S2/c1-11(2)17-16(22)18-13(20)10-25-15(21)12-5-7-19(8-6-12)27(23,24)14-4-3-9-26-14/h3-4,9,11-12H,5-8,10H2,1-2H3,(H2,17,18,20,22). The molecule has 0 radical (unpaired) electrons. The van der Waals surface area contributed by atoms with E-state index in [1.165, 1.54) is 4.31 Å². The first-order chi connectivity index (χ1) is 12.7. The highest BCUT2D eigenvalue weighted by Gasteiger charge is 2.33. The van der Waals surface area contributed by atoms with Gasteiger partial charge >= 0.3 is 12.0 Å². The number of urea groups is 1. The van der Waals surface area contributed by atoms with E-state index in [0.717, 1.165) is 11.3 Å². The van der Waals surface area contributed by atoms with Gasteiger partial charge in [-0.1, -0.05) is 6.07 Å². The molecule has 9 nitrogen and oxygen atoms in total. The van der Waals surface area contributed by atoms with Gasteiger partial charge in [0.1, 0.15) is 4.21 Å². The van der Waals surface area contributed by atoms with Crippen molar-refractivity contribution in [2.45, 2.75) is 36.9 Å². The van der Waals surface area contributed by atoms with E-state index in [1.807, 2.05) is 0 Å². The van der Waals surface area contributed by atoms with E-state index in [0.29, 0.717) is 12.8 Å². The lowest BCUT2D eigenvalue weighted by atomic mass is 9.98. The monoisotopic (exact) mass is 417 g/mol. The minimum Gasteiger partial charge on any atom is -0.455 e. The van der Waals surface area contributed by atoms with Crippen molar-refractivity contribution in [2.24, 2.45) is 5.92 Å². The summed E-state index contributed by atoms with van der Waals surface area (Å²) in [5.74, 6) is -1.76. The Balaban J connectivity index is 1.76. The number of hydrogen-bond acceptors (Lipinski definition) is 7. The first-order valence-corrected chi connectivity index (χ1v) is 10.8. The summed E-state index contributed by atoms with van der Waals surface area (Å²) in [5, 5.41) is 6.24. The molecule has 0 bridgehead atoms. The highest BCUT2D eigenvalue weighted by molar-refractivity contribution is 7.91. The molecule has 1 aliphatic heterocycles. The molecule has 2 N–H and O–H groups in total. The van der Waals surface area contributed by atoms with Gasteiger partial charge in [0.05, 0.1) is 5.92 Å². The second kappa shape index (κ2) is 9.29. The zero-order chi connectivity index (χ0) is 20.0. The summed E-state index contributed by atoms with van der Waals surface area (Å²) < 4.78 is 31.5. The van der Waals surface area contributed by atoms with E-state index in [4.69, 9.17) is 4.74 Å². The first kappa shape index (κ1) is 21.3. The number of thiophene rings is 1. The van der Waals surface area contributed by atoms with Crippen LogP contribution >= 0.6 is 11.3 Å². The normalized spacial score (nSPS) is 16.1. The lowest BCUT2D eigenvalue weighted by Gasteiger charge is -2.29. The van der Waals surface area contributed by atoms with E-state index in [-0.39, 0.29) is 23.3 Å². The Morgan fingerprint density at radius 1 is 1.30 bits per heavy atom. The van der Waals surface area contributed by atoms with Crippen LogP contribution in [-0.4, -0.2) is 56.4 Å². The fraction of sp³-hybridized carbons (Fsp3) is 0.562. The van der Waals surface area contributed by atoms with Crippen LogP contribution in [0, 0.1) is 5.92 Å². The SMILES string of the molecule is CC(C)NC(=O)NC(=O)COC(=O)C1CCN(S(=O)(=O)c2cccs2)CC1. The number of nitrogens with one attached hydrogen (secondary N) is 2. The van der Waals surface area contributed by atoms with Crippen LogP contribution in [0.3, 0.4) is 0 Å². The van der Waals surface area contributed by atoms with Gasteiger partial charge in [0.15, 0.2) is 6.61 Å². The summed E-state index contributed by atoms with van der Waals surface area (Å²) >= 11 is 1.15. The van der Waals surface area contributed by atoms with Crippen LogP contribution in [0.4, 0.5) is 4.79 Å². The van der Waals surface area contributed by atoms with Gasteiger partial charge in [-0.3, -0.25) is 14.9 Å². The Morgan fingerprint density at radius 3 is 2.52 bits per heavy atom. The van der Waals surface area contributed by atoms with Crippen molar-refractivity contribution in [3.63, 3.8) is 0 Å². The number of esters is 1. The molecule has 2 heterocycles. The van der Waals surface area contributed by atoms with Gasteiger partial charge in [0.25, 0.3) is 15.9 Å². The van der Waals surface area contributed by atoms with Crippen LogP contribution in [0.1, 0.15) is 26.7 Å². The van der Waals surface area contributed by atoms with Crippen LogP contribution < -0.4 is 10.6 Å². The maximum atomic E-state index is 12.4. The number of rotatable bonds is 6. The van der Waals surface area contributed by atoms with E-state index in [9.17, 15) is 22.8 Å². The van der Waals surface area contributed by atoms with Gasteiger partial charge in [-0.2, -0.15) is 4.31 Å². The van der Waals surface area contributed by atoms with Crippen LogP contribution in [0.25, 0.3) is 0 Å². The molecule has 1 aliphatic rings. The third kappa shape index (κ3) is 6.01. The fourth-order valence-corrected chi connectivity index (χ4v) is 5.20. The zero-order valence-electron chi connectivity index (χ0n) is 15.1. The summed E-state index contributed by atoms with van der Waals surface area (Å²) in [7, 11) is -3.53. The molecule has 0 saturated carbocycles. The minimum absolute atomic E-state index is 0.129. The topological polar surface area (TPSA) is 122 Å². The number of imide groups is 1. The van der Waals surface area contributed by atoms with Gasteiger partial charge in [-0.05, 0) is 38.1 Å². The predicted molar refractivity (Wildman–Crippen MR) is 98.6 cm³/mol. The molecule has 150 valence electrons. The largest absolute Gasteiger partial charge is 0.455 e. The average molecular weight is 418 g/mol. The molecular weight excluding hydrogens is 394 g/mol. The lowest BCUT2D eigenvalue weighted by Crippen LogP contribution is -2.44. The Labute approximate surface area is 162 Å². The molecule has 0 spiro atoms. The van der Waals surface area contributed by atoms with Crippen LogP contribution in [0.15, 0.2) is 21.7 Å². The number of nitrogens with zero attached hydrogens (tertiary/aromatic N) is 1. The number of ether oxygens (including phenoxy) is 1. The highest BCUT2D eigenvalue weighted by Crippen LogP contribution is 2.26. The Morgan fingerprint density at radius 2 is 1.96 bits per heavy atom. The van der Waals surface area contributed by atoms with Gasteiger partial charge < -0.3 is 10.1 Å². The van der Waals surface area contributed by atoms with Gasteiger partial charge in [0.2, 0.25) is 0 Å².